The number of piperazine rings is 1. The van der Waals surface area contributed by atoms with E-state index in [2.05, 4.69) is 23.3 Å². The van der Waals surface area contributed by atoms with Crippen LogP contribution in [0.4, 0.5) is 5.69 Å². The molecule has 2 aromatic carbocycles. The average molecular weight is 423 g/mol. The van der Waals surface area contributed by atoms with Gasteiger partial charge in [0.25, 0.3) is 0 Å². The summed E-state index contributed by atoms with van der Waals surface area (Å²) in [5.74, 6) is -1.27. The molecule has 0 saturated carbocycles. The fourth-order valence-corrected chi connectivity index (χ4v) is 4.47. The topological polar surface area (TPSA) is 82.6 Å². The number of fused-ring (bicyclic) bond motifs is 1. The Hall–Kier alpha value is -3.26. The molecule has 0 aliphatic carbocycles. The molecule has 3 amide bonds. The van der Waals surface area contributed by atoms with E-state index in [0.717, 1.165) is 20.8 Å². The minimum Gasteiger partial charge on any atom is -0.339 e. The van der Waals surface area contributed by atoms with Crippen molar-refractivity contribution in [3.05, 3.63) is 48.0 Å². The lowest BCUT2D eigenvalue weighted by molar-refractivity contribution is -0.145. The van der Waals surface area contributed by atoms with Gasteiger partial charge in [-0.05, 0) is 48.9 Å². The van der Waals surface area contributed by atoms with Crippen molar-refractivity contribution in [1.82, 2.24) is 14.8 Å². The molecule has 4 rings (SSSR count). The SMILES string of the molecule is CC(=O)N1CCN(C(=O)C(=O)Nc2ccc(-c3nc4ccc(C)cc4s3)cc2)CC1. The molecule has 1 aliphatic heterocycles. The number of aromatic nitrogens is 1. The molecule has 0 atom stereocenters. The number of benzene rings is 2. The Labute approximate surface area is 178 Å². The number of aryl methyl sites for hydroxylation is 1. The van der Waals surface area contributed by atoms with Crippen LogP contribution in [0.5, 0.6) is 0 Å². The Morgan fingerprint density at radius 3 is 2.30 bits per heavy atom. The van der Waals surface area contributed by atoms with Crippen LogP contribution in [0, 0.1) is 6.92 Å². The highest BCUT2D eigenvalue weighted by molar-refractivity contribution is 7.21. The number of amides is 3. The Kier molecular flexibility index (Phi) is 5.50. The van der Waals surface area contributed by atoms with Gasteiger partial charge in [-0.15, -0.1) is 11.3 Å². The van der Waals surface area contributed by atoms with Gasteiger partial charge in [0.1, 0.15) is 5.01 Å². The zero-order chi connectivity index (χ0) is 21.3. The molecular formula is C22H22N4O3S. The highest BCUT2D eigenvalue weighted by atomic mass is 32.1. The Morgan fingerprint density at radius 2 is 1.63 bits per heavy atom. The van der Waals surface area contributed by atoms with Crippen molar-refractivity contribution in [3.63, 3.8) is 0 Å². The molecule has 0 spiro atoms. The van der Waals surface area contributed by atoms with E-state index < -0.39 is 11.8 Å². The molecule has 7 nitrogen and oxygen atoms in total. The van der Waals surface area contributed by atoms with E-state index in [1.807, 2.05) is 24.3 Å². The standard InChI is InChI=1S/C22H22N4O3S/c1-14-3-8-18-19(13-14)30-21(24-18)16-4-6-17(7-5-16)23-20(28)22(29)26-11-9-25(10-12-26)15(2)27/h3-8,13H,9-12H2,1-2H3,(H,23,28). The monoisotopic (exact) mass is 422 g/mol. The van der Waals surface area contributed by atoms with Crippen LogP contribution in [-0.4, -0.2) is 58.7 Å². The van der Waals surface area contributed by atoms with Crippen molar-refractivity contribution < 1.29 is 14.4 Å². The fraction of sp³-hybridized carbons (Fsp3) is 0.273. The maximum absolute atomic E-state index is 12.4. The molecule has 0 bridgehead atoms. The highest BCUT2D eigenvalue weighted by Gasteiger charge is 2.26. The quantitative estimate of drug-likeness (QED) is 0.644. The summed E-state index contributed by atoms with van der Waals surface area (Å²) in [4.78, 5) is 43.9. The average Bonchev–Trinajstić information content (AvgIpc) is 3.17. The molecule has 8 heteroatoms. The van der Waals surface area contributed by atoms with Crippen molar-refractivity contribution >= 4 is 45.0 Å². The first kappa shape index (κ1) is 20.0. The van der Waals surface area contributed by atoms with Crippen LogP contribution in [0.2, 0.25) is 0 Å². The normalized spacial score (nSPS) is 14.1. The minimum atomic E-state index is -0.672. The number of carbonyl (C=O) groups excluding carboxylic acids is 3. The van der Waals surface area contributed by atoms with Crippen LogP contribution in [0.1, 0.15) is 12.5 Å². The maximum atomic E-state index is 12.4. The summed E-state index contributed by atoms with van der Waals surface area (Å²) in [5, 5.41) is 3.57. The number of nitrogens with one attached hydrogen (secondary N) is 1. The van der Waals surface area contributed by atoms with Gasteiger partial charge in [0, 0.05) is 44.4 Å². The molecule has 1 aromatic heterocycles. The van der Waals surface area contributed by atoms with Crippen molar-refractivity contribution in [2.75, 3.05) is 31.5 Å². The fourth-order valence-electron chi connectivity index (χ4n) is 3.40. The molecule has 0 radical (unpaired) electrons. The smallest absolute Gasteiger partial charge is 0.313 e. The molecule has 1 N–H and O–H groups in total. The van der Waals surface area contributed by atoms with Crippen molar-refractivity contribution in [3.8, 4) is 10.6 Å². The van der Waals surface area contributed by atoms with E-state index in [9.17, 15) is 14.4 Å². The van der Waals surface area contributed by atoms with Gasteiger partial charge < -0.3 is 15.1 Å². The molecule has 1 saturated heterocycles. The molecular weight excluding hydrogens is 400 g/mol. The molecule has 154 valence electrons. The van der Waals surface area contributed by atoms with Crippen LogP contribution < -0.4 is 5.32 Å². The lowest BCUT2D eigenvalue weighted by Crippen LogP contribution is -2.52. The third kappa shape index (κ3) is 4.18. The van der Waals surface area contributed by atoms with Crippen LogP contribution in [0.15, 0.2) is 42.5 Å². The summed E-state index contributed by atoms with van der Waals surface area (Å²) in [5.41, 5.74) is 3.67. The summed E-state index contributed by atoms with van der Waals surface area (Å²) in [6.07, 6.45) is 0. The Morgan fingerprint density at radius 1 is 0.967 bits per heavy atom. The van der Waals surface area contributed by atoms with E-state index in [4.69, 9.17) is 0 Å². The second kappa shape index (κ2) is 8.23. The second-order valence-electron chi connectivity index (χ2n) is 7.32. The summed E-state index contributed by atoms with van der Waals surface area (Å²) >= 11 is 1.62. The van der Waals surface area contributed by atoms with Crippen molar-refractivity contribution in [2.45, 2.75) is 13.8 Å². The van der Waals surface area contributed by atoms with Crippen molar-refractivity contribution in [1.29, 1.82) is 0 Å². The number of carbonyl (C=O) groups is 3. The van der Waals surface area contributed by atoms with Gasteiger partial charge >= 0.3 is 11.8 Å². The second-order valence-corrected chi connectivity index (χ2v) is 8.35. The molecule has 30 heavy (non-hydrogen) atoms. The third-order valence-corrected chi connectivity index (χ3v) is 6.21. The molecule has 3 aromatic rings. The molecule has 2 heterocycles. The van der Waals surface area contributed by atoms with Gasteiger partial charge in [-0.2, -0.15) is 0 Å². The summed E-state index contributed by atoms with van der Waals surface area (Å²) in [6.45, 7) is 5.18. The lowest BCUT2D eigenvalue weighted by Gasteiger charge is -2.33. The largest absolute Gasteiger partial charge is 0.339 e. The zero-order valence-corrected chi connectivity index (χ0v) is 17.7. The van der Waals surface area contributed by atoms with Gasteiger partial charge in [-0.25, -0.2) is 4.98 Å². The van der Waals surface area contributed by atoms with E-state index in [0.29, 0.717) is 31.9 Å². The number of thiazole rings is 1. The van der Waals surface area contributed by atoms with Crippen LogP contribution in [0.3, 0.4) is 0 Å². The third-order valence-electron chi connectivity index (χ3n) is 5.14. The van der Waals surface area contributed by atoms with Crippen LogP contribution in [-0.2, 0) is 14.4 Å². The van der Waals surface area contributed by atoms with Crippen LogP contribution >= 0.6 is 11.3 Å². The van der Waals surface area contributed by atoms with E-state index >= 15 is 0 Å². The number of hydrogen-bond acceptors (Lipinski definition) is 5. The predicted octanol–water partition coefficient (Wildman–Crippen LogP) is 2.90. The van der Waals surface area contributed by atoms with E-state index in [1.165, 1.54) is 17.4 Å². The van der Waals surface area contributed by atoms with Gasteiger partial charge in [0.15, 0.2) is 0 Å². The minimum absolute atomic E-state index is 0.0186. The number of rotatable bonds is 2. The zero-order valence-electron chi connectivity index (χ0n) is 16.8. The first-order valence-electron chi connectivity index (χ1n) is 9.74. The van der Waals surface area contributed by atoms with E-state index in [1.54, 1.807) is 28.4 Å². The van der Waals surface area contributed by atoms with Gasteiger partial charge in [-0.3, -0.25) is 14.4 Å². The predicted molar refractivity (Wildman–Crippen MR) is 117 cm³/mol. The Bertz CT molecular complexity index is 1120. The first-order chi connectivity index (χ1) is 14.4. The maximum Gasteiger partial charge on any atom is 0.313 e. The van der Waals surface area contributed by atoms with Gasteiger partial charge in [-0.1, -0.05) is 6.07 Å². The molecule has 1 fully saturated rings. The summed E-state index contributed by atoms with van der Waals surface area (Å²) in [7, 11) is 0. The van der Waals surface area contributed by atoms with Gasteiger partial charge in [0.05, 0.1) is 10.2 Å². The summed E-state index contributed by atoms with van der Waals surface area (Å²) in [6, 6.07) is 13.5. The molecule has 0 unspecified atom stereocenters. The number of hydrogen-bond donors (Lipinski definition) is 1. The van der Waals surface area contributed by atoms with E-state index in [-0.39, 0.29) is 5.91 Å². The number of nitrogens with zero attached hydrogens (tertiary/aromatic N) is 3. The number of anilines is 1. The lowest BCUT2D eigenvalue weighted by atomic mass is 10.2. The van der Waals surface area contributed by atoms with Crippen molar-refractivity contribution in [2.24, 2.45) is 0 Å². The first-order valence-corrected chi connectivity index (χ1v) is 10.6. The molecule has 1 aliphatic rings. The van der Waals surface area contributed by atoms with Crippen LogP contribution in [0.25, 0.3) is 20.8 Å². The van der Waals surface area contributed by atoms with Gasteiger partial charge in [0.2, 0.25) is 5.91 Å². The Balaban J connectivity index is 1.39. The summed E-state index contributed by atoms with van der Waals surface area (Å²) < 4.78 is 1.14. The highest BCUT2D eigenvalue weighted by Crippen LogP contribution is 2.31.